The summed E-state index contributed by atoms with van der Waals surface area (Å²) >= 11 is 1.83. The van der Waals surface area contributed by atoms with Crippen molar-refractivity contribution in [3.63, 3.8) is 0 Å². The van der Waals surface area contributed by atoms with E-state index in [0.29, 0.717) is 6.54 Å². The van der Waals surface area contributed by atoms with Crippen molar-refractivity contribution in [3.05, 3.63) is 71.4 Å². The molecule has 2 aromatic carbocycles. The summed E-state index contributed by atoms with van der Waals surface area (Å²) in [5.41, 5.74) is 9.47. The third-order valence-electron chi connectivity index (χ3n) is 4.61. The van der Waals surface area contributed by atoms with Crippen LogP contribution in [0.1, 0.15) is 12.0 Å². The maximum Gasteiger partial charge on any atom is 0.213 e. The number of fused-ring (bicyclic) bond motifs is 2. The van der Waals surface area contributed by atoms with E-state index in [-0.39, 0.29) is 12.4 Å². The molecule has 2 N–H and O–H groups in total. The van der Waals surface area contributed by atoms with Crippen molar-refractivity contribution in [1.82, 2.24) is 0 Å². The van der Waals surface area contributed by atoms with Crippen LogP contribution in [-0.2, 0) is 6.54 Å². The van der Waals surface area contributed by atoms with Crippen molar-refractivity contribution < 1.29 is 17.0 Å². The van der Waals surface area contributed by atoms with Crippen LogP contribution in [0.3, 0.4) is 0 Å². The molecule has 0 saturated carbocycles. The number of hydrogen-bond acceptors (Lipinski definition) is 3. The minimum atomic E-state index is 0. The maximum absolute atomic E-state index is 5.69. The minimum absolute atomic E-state index is 0. The molecule has 0 bridgehead atoms. The number of rotatable bonds is 4. The highest BCUT2D eigenvalue weighted by atomic mass is 35.5. The first-order valence-electron chi connectivity index (χ1n) is 8.61. The van der Waals surface area contributed by atoms with Gasteiger partial charge in [-0.25, -0.2) is 0 Å². The molecule has 26 heavy (non-hydrogen) atoms. The number of hydrogen-bond donors (Lipinski definition) is 1. The molecule has 134 valence electrons. The van der Waals surface area contributed by atoms with Gasteiger partial charge in [0.05, 0.1) is 16.1 Å². The molecule has 0 unspecified atom stereocenters. The molecule has 5 heteroatoms. The highest BCUT2D eigenvalue weighted by molar-refractivity contribution is 8.03. The van der Waals surface area contributed by atoms with E-state index in [4.69, 9.17) is 5.73 Å². The minimum Gasteiger partial charge on any atom is -1.00 e. The second kappa shape index (κ2) is 8.12. The molecule has 0 radical (unpaired) electrons. The molecule has 0 saturated heterocycles. The predicted octanol–water partition coefficient (Wildman–Crippen LogP) is 1.02. The second-order valence-corrected chi connectivity index (χ2v) is 7.30. The molecule has 1 aliphatic heterocycles. The van der Waals surface area contributed by atoms with Crippen LogP contribution in [0, 0.1) is 0 Å². The first-order chi connectivity index (χ1) is 12.3. The Balaban J connectivity index is 0.00000196. The lowest BCUT2D eigenvalue weighted by Gasteiger charge is -2.13. The molecule has 0 fully saturated rings. The molecule has 0 aliphatic carbocycles. The first-order valence-corrected chi connectivity index (χ1v) is 9.43. The smallest absolute Gasteiger partial charge is 0.213 e. The predicted molar refractivity (Wildman–Crippen MR) is 106 cm³/mol. The molecule has 1 aliphatic rings. The molecular formula is C21H22ClN3S. The van der Waals surface area contributed by atoms with Crippen LogP contribution in [0.15, 0.2) is 70.7 Å². The number of pyridine rings is 1. The highest BCUT2D eigenvalue weighted by Gasteiger charge is 2.22. The van der Waals surface area contributed by atoms with Crippen molar-refractivity contribution >= 4 is 34.4 Å². The van der Waals surface area contributed by atoms with Gasteiger partial charge in [-0.3, -0.25) is 0 Å². The molecule has 1 aromatic heterocycles. The fourth-order valence-electron chi connectivity index (χ4n) is 3.27. The lowest BCUT2D eigenvalue weighted by Crippen LogP contribution is -3.00. The van der Waals surface area contributed by atoms with Gasteiger partial charge in [-0.2, -0.15) is 4.57 Å². The second-order valence-electron chi connectivity index (χ2n) is 6.24. The molecule has 0 amide bonds. The average Bonchev–Trinajstić information content (AvgIpc) is 2.97. The summed E-state index contributed by atoms with van der Waals surface area (Å²) < 4.78 is 2.30. The molecule has 0 atom stereocenters. The zero-order chi connectivity index (χ0) is 17.2. The van der Waals surface area contributed by atoms with E-state index in [9.17, 15) is 0 Å². The van der Waals surface area contributed by atoms with Crippen molar-refractivity contribution in [2.75, 3.05) is 18.5 Å². The van der Waals surface area contributed by atoms with E-state index >= 15 is 0 Å². The molecule has 0 spiro atoms. The van der Waals surface area contributed by atoms with Crippen LogP contribution in [0.25, 0.3) is 17.0 Å². The van der Waals surface area contributed by atoms with Crippen molar-refractivity contribution in [2.45, 2.75) is 17.9 Å². The number of nitrogens with two attached hydrogens (primary N) is 1. The Bertz CT molecular complexity index is 955. The maximum atomic E-state index is 5.69. The van der Waals surface area contributed by atoms with Crippen LogP contribution in [0.5, 0.6) is 0 Å². The van der Waals surface area contributed by atoms with Crippen LogP contribution < -0.4 is 27.6 Å². The van der Waals surface area contributed by atoms with Gasteiger partial charge in [-0.1, -0.05) is 36.0 Å². The van der Waals surface area contributed by atoms with Crippen molar-refractivity contribution in [2.24, 2.45) is 5.73 Å². The Kier molecular flexibility index (Phi) is 5.87. The van der Waals surface area contributed by atoms with Crippen LogP contribution >= 0.6 is 11.8 Å². The summed E-state index contributed by atoms with van der Waals surface area (Å²) in [4.78, 5) is 3.58. The third-order valence-corrected chi connectivity index (χ3v) is 5.78. The Labute approximate surface area is 164 Å². The zero-order valence-corrected chi connectivity index (χ0v) is 16.3. The number of benzene rings is 2. The SMILES string of the molecule is CN1/C(=C/c2cc[n+](CCCN)c3ccccc23)Sc2ccccc21.[Cl-]. The van der Waals surface area contributed by atoms with Crippen molar-refractivity contribution in [1.29, 1.82) is 0 Å². The molecule has 3 nitrogen and oxygen atoms in total. The van der Waals surface area contributed by atoms with Gasteiger partial charge in [-0.15, -0.1) is 0 Å². The lowest BCUT2D eigenvalue weighted by molar-refractivity contribution is -0.671. The Morgan fingerprint density at radius 1 is 1.08 bits per heavy atom. The van der Waals surface area contributed by atoms with Gasteiger partial charge in [-0.05, 0) is 36.4 Å². The molecule has 3 aromatic rings. The van der Waals surface area contributed by atoms with Gasteiger partial charge in [0.1, 0.15) is 6.54 Å². The van der Waals surface area contributed by atoms with Gasteiger partial charge in [0.2, 0.25) is 5.52 Å². The summed E-state index contributed by atoms with van der Waals surface area (Å²) in [6.45, 7) is 1.67. The summed E-state index contributed by atoms with van der Waals surface area (Å²) in [5, 5.41) is 2.53. The normalized spacial score (nSPS) is 14.5. The van der Waals surface area contributed by atoms with E-state index in [1.165, 1.54) is 32.1 Å². The number of nitrogens with zero attached hydrogens (tertiary/aromatic N) is 2. The van der Waals surface area contributed by atoms with Crippen molar-refractivity contribution in [3.8, 4) is 0 Å². The quantitative estimate of drug-likeness (QED) is 0.683. The molecule has 4 rings (SSSR count). The molecular weight excluding hydrogens is 362 g/mol. The van der Waals surface area contributed by atoms with Gasteiger partial charge in [0.25, 0.3) is 0 Å². The van der Waals surface area contributed by atoms with Gasteiger partial charge >= 0.3 is 0 Å². The number of aromatic nitrogens is 1. The van der Waals surface area contributed by atoms with E-state index in [0.717, 1.165) is 13.0 Å². The number of para-hydroxylation sites is 2. The topological polar surface area (TPSA) is 33.1 Å². The van der Waals surface area contributed by atoms with Gasteiger partial charge in [0, 0.05) is 30.5 Å². The third kappa shape index (κ3) is 3.45. The lowest BCUT2D eigenvalue weighted by atomic mass is 10.1. The van der Waals surface area contributed by atoms with Crippen LogP contribution in [-0.4, -0.2) is 13.6 Å². The number of halogens is 1. The average molecular weight is 384 g/mol. The zero-order valence-electron chi connectivity index (χ0n) is 14.7. The monoisotopic (exact) mass is 383 g/mol. The number of aryl methyl sites for hydroxylation is 1. The Morgan fingerprint density at radius 3 is 2.65 bits per heavy atom. The Morgan fingerprint density at radius 2 is 1.85 bits per heavy atom. The van der Waals surface area contributed by atoms with Gasteiger partial charge < -0.3 is 23.0 Å². The first kappa shape index (κ1) is 18.8. The summed E-state index contributed by atoms with van der Waals surface area (Å²) in [6.07, 6.45) is 5.46. The van der Waals surface area contributed by atoms with Gasteiger partial charge in [0.15, 0.2) is 6.20 Å². The fourth-order valence-corrected chi connectivity index (χ4v) is 4.37. The summed E-state index contributed by atoms with van der Waals surface area (Å²) in [5.74, 6) is 0. The van der Waals surface area contributed by atoms with Crippen LogP contribution in [0.4, 0.5) is 5.69 Å². The highest BCUT2D eigenvalue weighted by Crippen LogP contribution is 2.45. The standard InChI is InChI=1S/C21H22N3S.ClH/c1-23-19-9-4-5-10-20(19)25-21(23)15-16-11-14-24(13-6-12-22)18-8-3-2-7-17(16)18;/h2-5,7-11,14-15H,6,12-13,22H2,1H3;1H/q+1;/p-1. The van der Waals surface area contributed by atoms with E-state index < -0.39 is 0 Å². The van der Waals surface area contributed by atoms with Crippen LogP contribution in [0.2, 0.25) is 0 Å². The van der Waals surface area contributed by atoms with E-state index in [1.807, 2.05) is 11.8 Å². The fraction of sp³-hybridized carbons (Fsp3) is 0.190. The number of anilines is 1. The van der Waals surface area contributed by atoms with E-state index in [2.05, 4.69) is 83.4 Å². The summed E-state index contributed by atoms with van der Waals surface area (Å²) in [6, 6.07) is 19.4. The number of thioether (sulfide) groups is 1. The largest absolute Gasteiger partial charge is 1.00 e. The summed E-state index contributed by atoms with van der Waals surface area (Å²) in [7, 11) is 2.14. The van der Waals surface area contributed by atoms with E-state index in [1.54, 1.807) is 0 Å². The Hall–Kier alpha value is -2.01. The molecule has 2 heterocycles.